The van der Waals surface area contributed by atoms with Crippen molar-refractivity contribution in [2.75, 3.05) is 13.2 Å². The summed E-state index contributed by atoms with van der Waals surface area (Å²) in [5, 5.41) is 12.8. The SMILES string of the molecule is CC1(CC(=O)N/N=C\c2ccc(-c3ccc(C(=O)O)cc3)o2)OCCCO1. The molecule has 3 rings (SSSR count). The van der Waals surface area contributed by atoms with Crippen LogP contribution in [0.1, 0.15) is 35.9 Å². The number of hydrogen-bond acceptors (Lipinski definition) is 6. The Bertz CT molecular complexity index is 834. The highest BCUT2D eigenvalue weighted by atomic mass is 16.7. The average molecular weight is 372 g/mol. The van der Waals surface area contributed by atoms with E-state index in [-0.39, 0.29) is 17.9 Å². The zero-order valence-corrected chi connectivity index (χ0v) is 14.8. The second kappa shape index (κ2) is 8.15. The number of carbonyl (C=O) groups is 2. The monoisotopic (exact) mass is 372 g/mol. The predicted molar refractivity (Wildman–Crippen MR) is 96.4 cm³/mol. The van der Waals surface area contributed by atoms with Crippen molar-refractivity contribution in [3.63, 3.8) is 0 Å². The minimum atomic E-state index is -0.984. The van der Waals surface area contributed by atoms with Gasteiger partial charge in [0.15, 0.2) is 5.79 Å². The van der Waals surface area contributed by atoms with Crippen molar-refractivity contribution in [3.05, 3.63) is 47.7 Å². The smallest absolute Gasteiger partial charge is 0.335 e. The number of nitrogens with zero attached hydrogens (tertiary/aromatic N) is 1. The van der Waals surface area contributed by atoms with Crippen LogP contribution in [0.5, 0.6) is 0 Å². The van der Waals surface area contributed by atoms with E-state index in [0.29, 0.717) is 24.7 Å². The van der Waals surface area contributed by atoms with Crippen molar-refractivity contribution in [2.24, 2.45) is 5.10 Å². The minimum absolute atomic E-state index is 0.0453. The Labute approximate surface area is 155 Å². The normalized spacial score (nSPS) is 16.3. The number of hydrazone groups is 1. The summed E-state index contributed by atoms with van der Waals surface area (Å²) < 4.78 is 16.6. The highest BCUT2D eigenvalue weighted by molar-refractivity contribution is 5.88. The Morgan fingerprint density at radius 3 is 2.56 bits per heavy atom. The van der Waals surface area contributed by atoms with Crippen molar-refractivity contribution in [1.82, 2.24) is 5.43 Å². The lowest BCUT2D eigenvalue weighted by atomic mass is 10.1. The molecular weight excluding hydrogens is 352 g/mol. The molecule has 2 N–H and O–H groups in total. The van der Waals surface area contributed by atoms with Crippen LogP contribution in [0.2, 0.25) is 0 Å². The fraction of sp³-hybridized carbons (Fsp3) is 0.316. The molecule has 142 valence electrons. The summed E-state index contributed by atoms with van der Waals surface area (Å²) in [5.41, 5.74) is 3.36. The Morgan fingerprint density at radius 2 is 1.89 bits per heavy atom. The molecule has 8 nitrogen and oxygen atoms in total. The first kappa shape index (κ1) is 18.8. The van der Waals surface area contributed by atoms with Gasteiger partial charge in [0.1, 0.15) is 11.5 Å². The Hall–Kier alpha value is -2.97. The molecule has 1 aromatic heterocycles. The van der Waals surface area contributed by atoms with Crippen LogP contribution in [-0.4, -0.2) is 42.2 Å². The molecule has 0 atom stereocenters. The Morgan fingerprint density at radius 1 is 1.19 bits per heavy atom. The van der Waals surface area contributed by atoms with Crippen molar-refractivity contribution in [1.29, 1.82) is 0 Å². The Kier molecular flexibility index (Phi) is 5.68. The first-order chi connectivity index (χ1) is 13.0. The predicted octanol–water partition coefficient (Wildman–Crippen LogP) is 2.64. The molecule has 1 amide bonds. The molecule has 1 saturated heterocycles. The van der Waals surface area contributed by atoms with Crippen LogP contribution in [0, 0.1) is 0 Å². The summed E-state index contributed by atoms with van der Waals surface area (Å²) in [6.45, 7) is 2.86. The molecule has 1 aliphatic heterocycles. The van der Waals surface area contributed by atoms with E-state index in [1.807, 2.05) is 0 Å². The number of aromatic carboxylic acids is 1. The molecule has 0 bridgehead atoms. The van der Waals surface area contributed by atoms with Gasteiger partial charge in [-0.05, 0) is 37.6 Å². The average Bonchev–Trinajstić information content (AvgIpc) is 3.11. The van der Waals surface area contributed by atoms with Gasteiger partial charge in [-0.15, -0.1) is 0 Å². The van der Waals surface area contributed by atoms with Crippen LogP contribution in [0.15, 0.2) is 45.9 Å². The highest BCUT2D eigenvalue weighted by Gasteiger charge is 2.31. The summed E-state index contributed by atoms with van der Waals surface area (Å²) in [5.74, 6) is -1.22. The third-order valence-corrected chi connectivity index (χ3v) is 4.01. The van der Waals surface area contributed by atoms with E-state index < -0.39 is 11.8 Å². The number of amides is 1. The summed E-state index contributed by atoms with van der Waals surface area (Å²) in [6.07, 6.45) is 2.25. The maximum atomic E-state index is 12.0. The molecule has 27 heavy (non-hydrogen) atoms. The molecule has 2 aromatic rings. The second-order valence-electron chi connectivity index (χ2n) is 6.24. The van der Waals surface area contributed by atoms with E-state index in [1.54, 1.807) is 31.2 Å². The zero-order chi connectivity index (χ0) is 19.3. The van der Waals surface area contributed by atoms with E-state index in [9.17, 15) is 9.59 Å². The van der Waals surface area contributed by atoms with E-state index in [1.165, 1.54) is 18.3 Å². The standard InChI is InChI=1S/C19H20N2O6/c1-19(25-9-2-10-26-19)11-17(22)21-20-12-15-7-8-16(27-15)13-3-5-14(6-4-13)18(23)24/h3-8,12H,2,9-11H2,1H3,(H,21,22)(H,23,24)/b20-12-. The number of ether oxygens (including phenoxy) is 2. The number of carbonyl (C=O) groups excluding carboxylic acids is 1. The van der Waals surface area contributed by atoms with Gasteiger partial charge >= 0.3 is 5.97 Å². The first-order valence-corrected chi connectivity index (χ1v) is 8.49. The number of hydrogen-bond donors (Lipinski definition) is 2. The molecule has 0 saturated carbocycles. The molecule has 0 aliphatic carbocycles. The maximum Gasteiger partial charge on any atom is 0.335 e. The van der Waals surface area contributed by atoms with Gasteiger partial charge in [0.25, 0.3) is 0 Å². The molecule has 1 aromatic carbocycles. The third-order valence-electron chi connectivity index (χ3n) is 4.01. The van der Waals surface area contributed by atoms with Gasteiger partial charge in [-0.3, -0.25) is 4.79 Å². The number of furan rings is 1. The molecule has 0 radical (unpaired) electrons. The molecule has 0 unspecified atom stereocenters. The third kappa shape index (κ3) is 5.02. The fourth-order valence-electron chi connectivity index (χ4n) is 2.63. The molecular formula is C19H20N2O6. The highest BCUT2D eigenvalue weighted by Crippen LogP contribution is 2.23. The fourth-order valence-corrected chi connectivity index (χ4v) is 2.63. The number of carboxylic acids is 1. The van der Waals surface area contributed by atoms with Gasteiger partial charge in [-0.2, -0.15) is 5.10 Å². The van der Waals surface area contributed by atoms with Crippen LogP contribution in [0.4, 0.5) is 0 Å². The van der Waals surface area contributed by atoms with E-state index in [4.69, 9.17) is 19.0 Å². The summed E-state index contributed by atoms with van der Waals surface area (Å²) in [4.78, 5) is 22.8. The largest absolute Gasteiger partial charge is 0.478 e. The summed E-state index contributed by atoms with van der Waals surface area (Å²) in [6, 6.07) is 9.77. The van der Waals surface area contributed by atoms with E-state index >= 15 is 0 Å². The van der Waals surface area contributed by atoms with Crippen LogP contribution < -0.4 is 5.43 Å². The topological polar surface area (TPSA) is 110 Å². The van der Waals surface area contributed by atoms with Crippen molar-refractivity contribution < 1.29 is 28.6 Å². The lowest BCUT2D eigenvalue weighted by Crippen LogP contribution is -2.41. The second-order valence-corrected chi connectivity index (χ2v) is 6.24. The molecule has 2 heterocycles. The number of nitrogens with one attached hydrogen (secondary N) is 1. The van der Waals surface area contributed by atoms with Crippen molar-refractivity contribution in [3.8, 4) is 11.3 Å². The molecule has 0 spiro atoms. The quantitative estimate of drug-likeness (QED) is 0.596. The summed E-state index contributed by atoms with van der Waals surface area (Å²) in [7, 11) is 0. The number of rotatable bonds is 6. The van der Waals surface area contributed by atoms with E-state index in [0.717, 1.165) is 12.0 Å². The van der Waals surface area contributed by atoms with Crippen LogP contribution >= 0.6 is 0 Å². The van der Waals surface area contributed by atoms with Crippen LogP contribution in [0.25, 0.3) is 11.3 Å². The van der Waals surface area contributed by atoms with Gasteiger partial charge in [-0.1, -0.05) is 12.1 Å². The van der Waals surface area contributed by atoms with Gasteiger partial charge in [-0.25, -0.2) is 10.2 Å². The summed E-state index contributed by atoms with van der Waals surface area (Å²) >= 11 is 0. The molecule has 1 aliphatic rings. The van der Waals surface area contributed by atoms with Crippen molar-refractivity contribution >= 4 is 18.1 Å². The number of benzene rings is 1. The van der Waals surface area contributed by atoms with Crippen LogP contribution in [-0.2, 0) is 14.3 Å². The molecule has 1 fully saturated rings. The van der Waals surface area contributed by atoms with Gasteiger partial charge in [0.05, 0.1) is 31.4 Å². The first-order valence-electron chi connectivity index (χ1n) is 8.49. The van der Waals surface area contributed by atoms with E-state index in [2.05, 4.69) is 10.5 Å². The molecule has 8 heteroatoms. The van der Waals surface area contributed by atoms with Gasteiger partial charge in [0.2, 0.25) is 5.91 Å². The zero-order valence-electron chi connectivity index (χ0n) is 14.8. The lowest BCUT2D eigenvalue weighted by molar-refractivity contribution is -0.256. The minimum Gasteiger partial charge on any atom is -0.478 e. The maximum absolute atomic E-state index is 12.0. The van der Waals surface area contributed by atoms with Crippen molar-refractivity contribution in [2.45, 2.75) is 25.6 Å². The van der Waals surface area contributed by atoms with Gasteiger partial charge < -0.3 is 19.0 Å². The van der Waals surface area contributed by atoms with Crippen LogP contribution in [0.3, 0.4) is 0 Å². The lowest BCUT2D eigenvalue weighted by Gasteiger charge is -2.33. The Balaban J connectivity index is 1.55. The number of carboxylic acid groups (broad SMARTS) is 1. The van der Waals surface area contributed by atoms with Gasteiger partial charge in [0, 0.05) is 5.56 Å².